The fourth-order valence-electron chi connectivity index (χ4n) is 2.90. The first-order chi connectivity index (χ1) is 9.07. The van der Waals surface area contributed by atoms with Crippen LogP contribution in [0.15, 0.2) is 46.9 Å². The third kappa shape index (κ3) is 2.45. The van der Waals surface area contributed by atoms with E-state index >= 15 is 0 Å². The van der Waals surface area contributed by atoms with Crippen LogP contribution in [0.1, 0.15) is 23.1 Å². The van der Waals surface area contributed by atoms with Crippen LogP contribution in [0.2, 0.25) is 0 Å². The van der Waals surface area contributed by atoms with Gasteiger partial charge in [0.25, 0.3) is 0 Å². The maximum absolute atomic E-state index is 13.2. The average molecular weight is 320 g/mol. The number of halogens is 2. The predicted molar refractivity (Wildman–Crippen MR) is 78.4 cm³/mol. The highest BCUT2D eigenvalue weighted by atomic mass is 79.9. The van der Waals surface area contributed by atoms with Crippen molar-refractivity contribution in [1.29, 1.82) is 0 Å². The molecule has 3 heteroatoms. The van der Waals surface area contributed by atoms with Gasteiger partial charge in [0.15, 0.2) is 0 Å². The summed E-state index contributed by atoms with van der Waals surface area (Å²) in [7, 11) is 0. The molecule has 0 radical (unpaired) electrons. The second kappa shape index (κ2) is 4.73. The van der Waals surface area contributed by atoms with Crippen molar-refractivity contribution in [2.75, 3.05) is 0 Å². The molecule has 0 saturated heterocycles. The molecule has 1 unspecified atom stereocenters. The predicted octanol–water partition coefficient (Wildman–Crippen LogP) is 3.93. The molecule has 0 amide bonds. The summed E-state index contributed by atoms with van der Waals surface area (Å²) in [5.74, 6) is -0.174. The zero-order valence-corrected chi connectivity index (χ0v) is 12.1. The molecule has 0 saturated carbocycles. The van der Waals surface area contributed by atoms with Crippen LogP contribution in [-0.4, -0.2) is 0 Å². The number of benzene rings is 2. The van der Waals surface area contributed by atoms with E-state index in [9.17, 15) is 4.39 Å². The van der Waals surface area contributed by atoms with Crippen LogP contribution in [-0.2, 0) is 18.4 Å². The normalized spacial score (nSPS) is 21.4. The van der Waals surface area contributed by atoms with Crippen LogP contribution in [0.3, 0.4) is 0 Å². The molecule has 0 heterocycles. The second-order valence-electron chi connectivity index (χ2n) is 5.26. The average Bonchev–Trinajstić information content (AvgIpc) is 2.69. The molecular weight excluding hydrogens is 305 g/mol. The van der Waals surface area contributed by atoms with Gasteiger partial charge in [0.2, 0.25) is 0 Å². The Hall–Kier alpha value is -1.19. The molecule has 3 rings (SSSR count). The summed E-state index contributed by atoms with van der Waals surface area (Å²) in [5.41, 5.74) is 9.55. The van der Waals surface area contributed by atoms with Gasteiger partial charge in [-0.25, -0.2) is 4.39 Å². The van der Waals surface area contributed by atoms with E-state index < -0.39 is 0 Å². The van der Waals surface area contributed by atoms with Crippen molar-refractivity contribution < 1.29 is 4.39 Å². The van der Waals surface area contributed by atoms with Gasteiger partial charge in [-0.15, -0.1) is 0 Å². The standard InChI is InChI=1S/C16H15BrFN/c17-13-3-1-11(2-4-13)10-16(19)8-7-12-9-14(18)5-6-15(12)16/h1-6,9H,7-8,10,19H2. The van der Waals surface area contributed by atoms with Crippen molar-refractivity contribution in [3.63, 3.8) is 0 Å². The van der Waals surface area contributed by atoms with Gasteiger partial charge >= 0.3 is 0 Å². The van der Waals surface area contributed by atoms with Crippen molar-refractivity contribution >= 4 is 15.9 Å². The summed E-state index contributed by atoms with van der Waals surface area (Å²) in [4.78, 5) is 0. The Bertz CT molecular complexity index is 609. The van der Waals surface area contributed by atoms with Gasteiger partial charge < -0.3 is 5.73 Å². The number of hydrogen-bond acceptors (Lipinski definition) is 1. The third-order valence-corrected chi connectivity index (χ3v) is 4.41. The zero-order chi connectivity index (χ0) is 13.5. The molecule has 1 aliphatic carbocycles. The van der Waals surface area contributed by atoms with E-state index in [0.717, 1.165) is 34.9 Å². The van der Waals surface area contributed by atoms with Crippen molar-refractivity contribution in [3.8, 4) is 0 Å². The van der Waals surface area contributed by atoms with Crippen molar-refractivity contribution in [3.05, 3.63) is 69.4 Å². The highest BCUT2D eigenvalue weighted by Gasteiger charge is 2.35. The molecule has 2 aromatic carbocycles. The maximum atomic E-state index is 13.2. The molecule has 0 fully saturated rings. The molecule has 1 aliphatic rings. The number of fused-ring (bicyclic) bond motifs is 1. The lowest BCUT2D eigenvalue weighted by molar-refractivity contribution is 0.439. The van der Waals surface area contributed by atoms with E-state index in [1.807, 2.05) is 18.2 Å². The first-order valence-corrected chi connectivity index (χ1v) is 7.18. The smallest absolute Gasteiger partial charge is 0.123 e. The fraction of sp³-hybridized carbons (Fsp3) is 0.250. The summed E-state index contributed by atoms with van der Waals surface area (Å²) >= 11 is 3.43. The number of nitrogens with two attached hydrogens (primary N) is 1. The molecule has 1 nitrogen and oxygen atoms in total. The molecule has 2 aromatic rings. The Kier molecular flexibility index (Phi) is 3.19. The summed E-state index contributed by atoms with van der Waals surface area (Å²) in [6, 6.07) is 13.2. The van der Waals surface area contributed by atoms with Crippen LogP contribution in [0.5, 0.6) is 0 Å². The van der Waals surface area contributed by atoms with E-state index in [0.29, 0.717) is 0 Å². The molecule has 0 bridgehead atoms. The summed E-state index contributed by atoms with van der Waals surface area (Å²) in [6.45, 7) is 0. The van der Waals surface area contributed by atoms with Crippen LogP contribution < -0.4 is 5.73 Å². The Morgan fingerprint density at radius 1 is 1.16 bits per heavy atom. The Morgan fingerprint density at radius 3 is 2.63 bits per heavy atom. The van der Waals surface area contributed by atoms with E-state index in [-0.39, 0.29) is 11.4 Å². The maximum Gasteiger partial charge on any atom is 0.123 e. The Labute approximate surface area is 120 Å². The summed E-state index contributed by atoms with van der Waals surface area (Å²) in [5, 5.41) is 0. The summed E-state index contributed by atoms with van der Waals surface area (Å²) in [6.07, 6.45) is 2.53. The van der Waals surface area contributed by atoms with Crippen LogP contribution in [0, 0.1) is 5.82 Å². The van der Waals surface area contributed by atoms with E-state index in [2.05, 4.69) is 28.1 Å². The minimum Gasteiger partial charge on any atom is -0.321 e. The molecule has 0 aromatic heterocycles. The zero-order valence-electron chi connectivity index (χ0n) is 10.5. The fourth-order valence-corrected chi connectivity index (χ4v) is 3.16. The van der Waals surface area contributed by atoms with E-state index in [4.69, 9.17) is 5.73 Å². The summed E-state index contributed by atoms with van der Waals surface area (Å²) < 4.78 is 14.3. The van der Waals surface area contributed by atoms with Gasteiger partial charge in [-0.05, 0) is 60.2 Å². The van der Waals surface area contributed by atoms with E-state index in [1.165, 1.54) is 11.6 Å². The topological polar surface area (TPSA) is 26.0 Å². The third-order valence-electron chi connectivity index (χ3n) is 3.88. The first kappa shape index (κ1) is 12.8. The lowest BCUT2D eigenvalue weighted by Crippen LogP contribution is -2.36. The highest BCUT2D eigenvalue weighted by molar-refractivity contribution is 9.10. The SMILES string of the molecule is NC1(Cc2ccc(Br)cc2)CCc2cc(F)ccc21. The quantitative estimate of drug-likeness (QED) is 0.891. The lowest BCUT2D eigenvalue weighted by atomic mass is 9.86. The minimum atomic E-state index is -0.364. The molecule has 0 spiro atoms. The molecule has 98 valence electrons. The molecule has 0 aliphatic heterocycles. The minimum absolute atomic E-state index is 0.174. The van der Waals surface area contributed by atoms with Crippen molar-refractivity contribution in [2.45, 2.75) is 24.8 Å². The van der Waals surface area contributed by atoms with E-state index in [1.54, 1.807) is 6.07 Å². The molecular formula is C16H15BrFN. The monoisotopic (exact) mass is 319 g/mol. The van der Waals surface area contributed by atoms with Gasteiger partial charge in [0.05, 0.1) is 0 Å². The van der Waals surface area contributed by atoms with Gasteiger partial charge in [-0.2, -0.15) is 0 Å². The number of rotatable bonds is 2. The van der Waals surface area contributed by atoms with Gasteiger partial charge in [-0.3, -0.25) is 0 Å². The molecule has 19 heavy (non-hydrogen) atoms. The molecule has 1 atom stereocenters. The number of aryl methyl sites for hydroxylation is 1. The largest absolute Gasteiger partial charge is 0.321 e. The van der Waals surface area contributed by atoms with Gasteiger partial charge in [0.1, 0.15) is 5.82 Å². The molecule has 2 N–H and O–H groups in total. The highest BCUT2D eigenvalue weighted by Crippen LogP contribution is 2.37. The van der Waals surface area contributed by atoms with Crippen LogP contribution in [0.4, 0.5) is 4.39 Å². The van der Waals surface area contributed by atoms with Gasteiger partial charge in [0, 0.05) is 10.0 Å². The van der Waals surface area contributed by atoms with Crippen LogP contribution in [0.25, 0.3) is 0 Å². The Balaban J connectivity index is 1.92. The number of hydrogen-bond donors (Lipinski definition) is 1. The second-order valence-corrected chi connectivity index (χ2v) is 6.18. The van der Waals surface area contributed by atoms with Crippen molar-refractivity contribution in [1.82, 2.24) is 0 Å². The van der Waals surface area contributed by atoms with Gasteiger partial charge in [-0.1, -0.05) is 34.1 Å². The van der Waals surface area contributed by atoms with Crippen LogP contribution >= 0.6 is 15.9 Å². The van der Waals surface area contributed by atoms with Crippen molar-refractivity contribution in [2.24, 2.45) is 5.73 Å². The Morgan fingerprint density at radius 2 is 1.89 bits per heavy atom. The lowest BCUT2D eigenvalue weighted by Gasteiger charge is -2.25. The first-order valence-electron chi connectivity index (χ1n) is 6.39.